The molecule has 0 aliphatic heterocycles. The number of benzene rings is 2. The fourth-order valence-corrected chi connectivity index (χ4v) is 3.63. The van der Waals surface area contributed by atoms with Crippen LogP contribution in [-0.4, -0.2) is 19.7 Å². The standard InChI is InChI=1S/C18H9BrCl2F2N4O/c1-8-24-17(26-28-8)15-16(9-5-6-12(22)11(21)7-9)27(18(19)25-15)13-4-2-3-10(20)14(13)23/h2-7H,1H3. The van der Waals surface area contributed by atoms with Gasteiger partial charge >= 0.3 is 0 Å². The molecule has 28 heavy (non-hydrogen) atoms. The molecular weight excluding hydrogens is 477 g/mol. The minimum atomic E-state index is -0.646. The summed E-state index contributed by atoms with van der Waals surface area (Å²) in [5, 5.41) is 3.74. The van der Waals surface area contributed by atoms with Gasteiger partial charge in [0.05, 0.1) is 21.4 Å². The molecule has 0 bridgehead atoms. The molecule has 0 amide bonds. The number of nitrogens with zero attached hydrogens (tertiary/aromatic N) is 4. The Labute approximate surface area is 176 Å². The third kappa shape index (κ3) is 3.21. The summed E-state index contributed by atoms with van der Waals surface area (Å²) in [5.74, 6) is -0.707. The zero-order chi connectivity index (χ0) is 20.0. The fraction of sp³-hybridized carbons (Fsp3) is 0.0556. The average molecular weight is 486 g/mol. The second-order valence-electron chi connectivity index (χ2n) is 5.75. The van der Waals surface area contributed by atoms with E-state index in [4.69, 9.17) is 27.7 Å². The van der Waals surface area contributed by atoms with Crippen LogP contribution >= 0.6 is 39.1 Å². The number of aryl methyl sites for hydroxylation is 1. The minimum absolute atomic E-state index is 0.0573. The fourth-order valence-electron chi connectivity index (χ4n) is 2.74. The number of aromatic nitrogens is 4. The van der Waals surface area contributed by atoms with Crippen molar-refractivity contribution in [3.8, 4) is 28.5 Å². The highest BCUT2D eigenvalue weighted by Crippen LogP contribution is 2.38. The monoisotopic (exact) mass is 484 g/mol. The van der Waals surface area contributed by atoms with Crippen molar-refractivity contribution in [1.29, 1.82) is 0 Å². The molecule has 2 aromatic carbocycles. The largest absolute Gasteiger partial charge is 0.339 e. The summed E-state index contributed by atoms with van der Waals surface area (Å²) in [6, 6.07) is 8.70. The summed E-state index contributed by atoms with van der Waals surface area (Å²) in [7, 11) is 0. The van der Waals surface area contributed by atoms with E-state index in [1.165, 1.54) is 34.9 Å². The molecule has 0 spiro atoms. The molecule has 0 aliphatic carbocycles. The molecule has 4 aromatic rings. The first-order valence-corrected chi connectivity index (χ1v) is 9.40. The molecule has 0 saturated carbocycles. The van der Waals surface area contributed by atoms with Gasteiger partial charge in [-0.2, -0.15) is 4.98 Å². The molecule has 0 aliphatic rings. The number of hydrogen-bond acceptors (Lipinski definition) is 4. The van der Waals surface area contributed by atoms with Gasteiger partial charge in [-0.05, 0) is 46.3 Å². The van der Waals surface area contributed by atoms with Gasteiger partial charge in [-0.3, -0.25) is 4.57 Å². The molecule has 5 nitrogen and oxygen atoms in total. The van der Waals surface area contributed by atoms with E-state index >= 15 is 0 Å². The molecular formula is C18H9BrCl2F2N4O. The number of rotatable bonds is 3. The van der Waals surface area contributed by atoms with Crippen LogP contribution in [0.3, 0.4) is 0 Å². The lowest BCUT2D eigenvalue weighted by atomic mass is 10.1. The topological polar surface area (TPSA) is 56.7 Å². The average Bonchev–Trinajstić information content (AvgIpc) is 3.23. The van der Waals surface area contributed by atoms with Gasteiger partial charge in [-0.15, -0.1) is 0 Å². The van der Waals surface area contributed by atoms with Crippen molar-refractivity contribution in [3.05, 3.63) is 68.7 Å². The third-order valence-electron chi connectivity index (χ3n) is 3.94. The first kappa shape index (κ1) is 19.0. The zero-order valence-corrected chi connectivity index (χ0v) is 17.1. The van der Waals surface area contributed by atoms with Crippen molar-refractivity contribution in [2.24, 2.45) is 0 Å². The predicted molar refractivity (Wildman–Crippen MR) is 105 cm³/mol. The molecule has 0 N–H and O–H groups in total. The summed E-state index contributed by atoms with van der Waals surface area (Å²) >= 11 is 15.3. The van der Waals surface area contributed by atoms with Gasteiger partial charge in [0.25, 0.3) is 0 Å². The van der Waals surface area contributed by atoms with Crippen LogP contribution in [-0.2, 0) is 0 Å². The lowest BCUT2D eigenvalue weighted by molar-refractivity contribution is 0.394. The molecule has 0 radical (unpaired) electrons. The maximum Gasteiger partial charge on any atom is 0.223 e. The van der Waals surface area contributed by atoms with E-state index in [1.807, 2.05) is 0 Å². The van der Waals surface area contributed by atoms with E-state index < -0.39 is 11.6 Å². The summed E-state index contributed by atoms with van der Waals surface area (Å²) in [4.78, 5) is 8.61. The first-order chi connectivity index (χ1) is 13.4. The Morgan fingerprint density at radius 3 is 2.54 bits per heavy atom. The number of imidazole rings is 1. The van der Waals surface area contributed by atoms with E-state index in [-0.39, 0.29) is 26.3 Å². The second-order valence-corrected chi connectivity index (χ2v) is 7.28. The molecule has 0 atom stereocenters. The van der Waals surface area contributed by atoms with Crippen LogP contribution in [0.4, 0.5) is 8.78 Å². The van der Waals surface area contributed by atoms with Crippen LogP contribution in [0.5, 0.6) is 0 Å². The summed E-state index contributed by atoms with van der Waals surface area (Å²) in [6.45, 7) is 1.63. The Hall–Kier alpha value is -2.29. The smallest absolute Gasteiger partial charge is 0.223 e. The van der Waals surface area contributed by atoms with Crippen molar-refractivity contribution in [1.82, 2.24) is 19.7 Å². The van der Waals surface area contributed by atoms with Crippen LogP contribution in [0.25, 0.3) is 28.5 Å². The molecule has 0 saturated heterocycles. The summed E-state index contributed by atoms with van der Waals surface area (Å²) in [5.41, 5.74) is 1.29. The van der Waals surface area contributed by atoms with E-state index in [1.54, 1.807) is 13.0 Å². The van der Waals surface area contributed by atoms with E-state index in [9.17, 15) is 8.78 Å². The maximum atomic E-state index is 14.8. The van der Waals surface area contributed by atoms with Gasteiger partial charge in [0.2, 0.25) is 11.7 Å². The maximum absolute atomic E-state index is 14.8. The lowest BCUT2D eigenvalue weighted by Gasteiger charge is -2.13. The van der Waals surface area contributed by atoms with Crippen molar-refractivity contribution >= 4 is 39.1 Å². The van der Waals surface area contributed by atoms with E-state index in [0.29, 0.717) is 22.8 Å². The van der Waals surface area contributed by atoms with E-state index in [0.717, 1.165) is 0 Å². The summed E-state index contributed by atoms with van der Waals surface area (Å²) in [6.07, 6.45) is 0. The van der Waals surface area contributed by atoms with Crippen LogP contribution in [0.15, 0.2) is 45.7 Å². The summed E-state index contributed by atoms with van der Waals surface area (Å²) < 4.78 is 35.3. The van der Waals surface area contributed by atoms with Gasteiger partial charge in [0.15, 0.2) is 10.6 Å². The lowest BCUT2D eigenvalue weighted by Crippen LogP contribution is -2.02. The van der Waals surface area contributed by atoms with Gasteiger partial charge in [-0.1, -0.05) is 34.4 Å². The van der Waals surface area contributed by atoms with Gasteiger partial charge in [-0.25, -0.2) is 13.8 Å². The van der Waals surface area contributed by atoms with E-state index in [2.05, 4.69) is 31.1 Å². The zero-order valence-electron chi connectivity index (χ0n) is 14.1. The molecule has 0 fully saturated rings. The molecule has 2 heterocycles. The van der Waals surface area contributed by atoms with Crippen molar-refractivity contribution in [3.63, 3.8) is 0 Å². The van der Waals surface area contributed by atoms with Crippen LogP contribution in [0.2, 0.25) is 10.0 Å². The Bertz CT molecular complexity index is 1210. The SMILES string of the molecule is Cc1nc(-c2nc(Br)n(-c3cccc(Cl)c3F)c2-c2ccc(F)c(Cl)c2)no1. The molecule has 10 heteroatoms. The third-order valence-corrected chi connectivity index (χ3v) is 5.05. The quantitative estimate of drug-likeness (QED) is 0.344. The van der Waals surface area contributed by atoms with Crippen molar-refractivity contribution in [2.45, 2.75) is 6.92 Å². The minimum Gasteiger partial charge on any atom is -0.339 e. The van der Waals surface area contributed by atoms with Gasteiger partial charge in [0.1, 0.15) is 11.5 Å². The second kappa shape index (κ2) is 7.27. The highest BCUT2D eigenvalue weighted by atomic mass is 79.9. The molecule has 2 aromatic heterocycles. The highest BCUT2D eigenvalue weighted by molar-refractivity contribution is 9.10. The Morgan fingerprint density at radius 2 is 1.86 bits per heavy atom. The Balaban J connectivity index is 2.07. The van der Waals surface area contributed by atoms with Crippen molar-refractivity contribution < 1.29 is 13.3 Å². The molecule has 4 rings (SSSR count). The van der Waals surface area contributed by atoms with Crippen molar-refractivity contribution in [2.75, 3.05) is 0 Å². The highest BCUT2D eigenvalue weighted by Gasteiger charge is 2.25. The Morgan fingerprint density at radius 1 is 1.07 bits per heavy atom. The Kier molecular flexibility index (Phi) is 4.95. The normalized spacial score (nSPS) is 11.2. The number of halogens is 5. The van der Waals surface area contributed by atoms with Gasteiger partial charge in [0, 0.05) is 12.5 Å². The number of hydrogen-bond donors (Lipinski definition) is 0. The first-order valence-electron chi connectivity index (χ1n) is 7.85. The van der Waals surface area contributed by atoms with Crippen LogP contribution in [0.1, 0.15) is 5.89 Å². The van der Waals surface area contributed by atoms with Crippen LogP contribution < -0.4 is 0 Å². The molecule has 142 valence electrons. The van der Waals surface area contributed by atoms with Crippen LogP contribution in [0, 0.1) is 18.6 Å². The molecule has 0 unspecified atom stereocenters. The predicted octanol–water partition coefficient (Wildman–Crippen LogP) is 6.25. The van der Waals surface area contributed by atoms with Gasteiger partial charge < -0.3 is 4.52 Å².